The van der Waals surface area contributed by atoms with Crippen LogP contribution < -0.4 is 10.1 Å². The second kappa shape index (κ2) is 7.49. The van der Waals surface area contributed by atoms with Gasteiger partial charge in [-0.25, -0.2) is 0 Å². The molecule has 4 heteroatoms. The summed E-state index contributed by atoms with van der Waals surface area (Å²) in [5.74, 6) is 0.891. The van der Waals surface area contributed by atoms with E-state index >= 15 is 0 Å². The molecule has 0 aliphatic heterocycles. The quantitative estimate of drug-likeness (QED) is 0.755. The van der Waals surface area contributed by atoms with Crippen molar-refractivity contribution in [1.29, 1.82) is 0 Å². The molecule has 0 heterocycles. The van der Waals surface area contributed by atoms with Gasteiger partial charge in [0, 0.05) is 12.0 Å². The molecule has 124 valence electrons. The van der Waals surface area contributed by atoms with Gasteiger partial charge in [-0.15, -0.1) is 0 Å². The number of carbonyl (C=O) groups excluding carboxylic acids is 1. The molecule has 0 atom stereocenters. The lowest BCUT2D eigenvalue weighted by molar-refractivity contribution is -0.122. The maximum absolute atomic E-state index is 11.7. The first-order chi connectivity index (χ1) is 9.99. The second-order valence-electron chi connectivity index (χ2n) is 7.65. The molecule has 0 bridgehead atoms. The summed E-state index contributed by atoms with van der Waals surface area (Å²) in [5, 5.41) is 2.95. The van der Waals surface area contributed by atoms with E-state index in [1.807, 2.05) is 26.8 Å². The third-order valence-electron chi connectivity index (χ3n) is 3.12. The number of nitrogens with one attached hydrogen (secondary N) is 1. The van der Waals surface area contributed by atoms with E-state index in [9.17, 15) is 4.79 Å². The number of rotatable bonds is 5. The van der Waals surface area contributed by atoms with E-state index in [-0.39, 0.29) is 16.9 Å². The van der Waals surface area contributed by atoms with Gasteiger partial charge in [0.15, 0.2) is 0 Å². The molecule has 0 radical (unpaired) electrons. The van der Waals surface area contributed by atoms with Crippen LogP contribution in [-0.4, -0.2) is 18.1 Å². The van der Waals surface area contributed by atoms with E-state index in [0.717, 1.165) is 10.2 Å². The summed E-state index contributed by atoms with van der Waals surface area (Å²) in [6.45, 7) is 13.0. The number of ether oxygens (including phenoxy) is 1. The summed E-state index contributed by atoms with van der Waals surface area (Å²) < 4.78 is 6.72. The molecule has 0 fully saturated rings. The minimum absolute atomic E-state index is 0.0678. The Morgan fingerprint density at radius 2 is 1.82 bits per heavy atom. The fraction of sp³-hybridized carbons (Fsp3) is 0.611. The first-order valence-electron chi connectivity index (χ1n) is 7.73. The van der Waals surface area contributed by atoms with Crippen LogP contribution in [0, 0.1) is 0 Å². The van der Waals surface area contributed by atoms with Gasteiger partial charge in [0.2, 0.25) is 5.91 Å². The molecule has 1 N–H and O–H groups in total. The van der Waals surface area contributed by atoms with Crippen LogP contribution in [0.15, 0.2) is 22.7 Å². The number of carbonyl (C=O) groups is 1. The van der Waals surface area contributed by atoms with Gasteiger partial charge >= 0.3 is 0 Å². The Balaban J connectivity index is 2.45. The van der Waals surface area contributed by atoms with Crippen molar-refractivity contribution >= 4 is 21.8 Å². The first-order valence-corrected chi connectivity index (χ1v) is 8.52. The molecule has 0 spiro atoms. The number of hydrogen-bond donors (Lipinski definition) is 1. The monoisotopic (exact) mass is 369 g/mol. The van der Waals surface area contributed by atoms with Crippen LogP contribution in [0.1, 0.15) is 59.9 Å². The maximum Gasteiger partial charge on any atom is 0.220 e. The molecule has 3 nitrogen and oxygen atoms in total. The largest absolute Gasteiger partial charge is 0.492 e. The van der Waals surface area contributed by atoms with Crippen molar-refractivity contribution in [2.75, 3.05) is 6.61 Å². The van der Waals surface area contributed by atoms with Gasteiger partial charge in [-0.1, -0.05) is 26.8 Å². The fourth-order valence-corrected chi connectivity index (χ4v) is 2.47. The van der Waals surface area contributed by atoms with Gasteiger partial charge in [-0.05, 0) is 66.2 Å². The van der Waals surface area contributed by atoms with Crippen LogP contribution in [0.2, 0.25) is 0 Å². The van der Waals surface area contributed by atoms with Crippen molar-refractivity contribution in [1.82, 2.24) is 5.32 Å². The van der Waals surface area contributed by atoms with Crippen molar-refractivity contribution in [2.45, 2.75) is 65.3 Å². The zero-order valence-electron chi connectivity index (χ0n) is 14.5. The topological polar surface area (TPSA) is 38.3 Å². The van der Waals surface area contributed by atoms with Crippen LogP contribution in [-0.2, 0) is 10.2 Å². The van der Waals surface area contributed by atoms with Crippen LogP contribution in [0.5, 0.6) is 5.75 Å². The molecule has 0 saturated carbocycles. The van der Waals surface area contributed by atoms with Crippen molar-refractivity contribution in [3.8, 4) is 5.75 Å². The summed E-state index contributed by atoms with van der Waals surface area (Å²) in [5.41, 5.74) is 1.20. The average molecular weight is 370 g/mol. The lowest BCUT2D eigenvalue weighted by Crippen LogP contribution is -2.40. The molecule has 0 unspecified atom stereocenters. The molecule has 1 amide bonds. The number of amides is 1. The molecule has 0 aromatic heterocycles. The molecule has 0 aliphatic carbocycles. The van der Waals surface area contributed by atoms with E-state index in [2.05, 4.69) is 54.2 Å². The Hall–Kier alpha value is -1.03. The standard InChI is InChI=1S/C18H28BrNO2/c1-17(2,3)13-9-10-15(14(19)12-13)22-11-7-8-16(21)20-18(4,5)6/h9-10,12H,7-8,11H2,1-6H3,(H,20,21). The Morgan fingerprint density at radius 1 is 1.18 bits per heavy atom. The van der Waals surface area contributed by atoms with Gasteiger partial charge in [0.1, 0.15) is 5.75 Å². The summed E-state index contributed by atoms with van der Waals surface area (Å²) >= 11 is 3.56. The minimum atomic E-state index is -0.177. The van der Waals surface area contributed by atoms with Crippen LogP contribution in [0.4, 0.5) is 0 Å². The van der Waals surface area contributed by atoms with Gasteiger partial charge in [0.25, 0.3) is 0 Å². The predicted molar refractivity (Wildman–Crippen MR) is 95.5 cm³/mol. The van der Waals surface area contributed by atoms with E-state index < -0.39 is 0 Å². The summed E-state index contributed by atoms with van der Waals surface area (Å²) in [6, 6.07) is 6.17. The SMILES string of the molecule is CC(C)(C)NC(=O)CCCOc1ccc(C(C)(C)C)cc1Br. The highest BCUT2D eigenvalue weighted by atomic mass is 79.9. The average Bonchev–Trinajstić information content (AvgIpc) is 2.32. The fourth-order valence-electron chi connectivity index (χ4n) is 1.98. The Labute approximate surface area is 143 Å². The number of hydrogen-bond acceptors (Lipinski definition) is 2. The van der Waals surface area contributed by atoms with E-state index in [1.165, 1.54) is 5.56 Å². The number of benzene rings is 1. The molecule has 0 saturated heterocycles. The smallest absolute Gasteiger partial charge is 0.220 e. The van der Waals surface area contributed by atoms with Gasteiger partial charge in [-0.3, -0.25) is 4.79 Å². The molecule has 1 aromatic carbocycles. The molecule has 1 rings (SSSR count). The first kappa shape index (κ1) is 19.0. The predicted octanol–water partition coefficient (Wildman–Crippen LogP) is 4.82. The normalized spacial score (nSPS) is 12.1. The van der Waals surface area contributed by atoms with Crippen LogP contribution >= 0.6 is 15.9 Å². The van der Waals surface area contributed by atoms with E-state index in [0.29, 0.717) is 19.4 Å². The van der Waals surface area contributed by atoms with Crippen LogP contribution in [0.25, 0.3) is 0 Å². The lowest BCUT2D eigenvalue weighted by Gasteiger charge is -2.21. The highest BCUT2D eigenvalue weighted by molar-refractivity contribution is 9.10. The molecule has 1 aromatic rings. The van der Waals surface area contributed by atoms with E-state index in [4.69, 9.17) is 4.74 Å². The molecule has 22 heavy (non-hydrogen) atoms. The Kier molecular flexibility index (Phi) is 6.48. The highest BCUT2D eigenvalue weighted by Gasteiger charge is 2.16. The second-order valence-corrected chi connectivity index (χ2v) is 8.50. The lowest BCUT2D eigenvalue weighted by atomic mass is 9.87. The minimum Gasteiger partial charge on any atom is -0.492 e. The third-order valence-corrected chi connectivity index (χ3v) is 3.74. The van der Waals surface area contributed by atoms with E-state index in [1.54, 1.807) is 0 Å². The van der Waals surface area contributed by atoms with Crippen molar-refractivity contribution in [3.63, 3.8) is 0 Å². The zero-order chi connectivity index (χ0) is 17.0. The number of halogens is 1. The molecular formula is C18H28BrNO2. The maximum atomic E-state index is 11.7. The summed E-state index contributed by atoms with van der Waals surface area (Å²) in [4.78, 5) is 11.7. The van der Waals surface area contributed by atoms with Gasteiger partial charge < -0.3 is 10.1 Å². The highest BCUT2D eigenvalue weighted by Crippen LogP contribution is 2.31. The zero-order valence-corrected chi connectivity index (χ0v) is 16.1. The summed E-state index contributed by atoms with van der Waals surface area (Å²) in [6.07, 6.45) is 1.18. The van der Waals surface area contributed by atoms with Crippen molar-refractivity contribution < 1.29 is 9.53 Å². The van der Waals surface area contributed by atoms with Crippen molar-refractivity contribution in [2.24, 2.45) is 0 Å². The van der Waals surface area contributed by atoms with Crippen LogP contribution in [0.3, 0.4) is 0 Å². The van der Waals surface area contributed by atoms with Crippen molar-refractivity contribution in [3.05, 3.63) is 28.2 Å². The Bertz CT molecular complexity index is 513. The van der Waals surface area contributed by atoms with Gasteiger partial charge in [-0.2, -0.15) is 0 Å². The Morgan fingerprint density at radius 3 is 2.32 bits per heavy atom. The summed E-state index contributed by atoms with van der Waals surface area (Å²) in [7, 11) is 0. The molecule has 0 aliphatic rings. The van der Waals surface area contributed by atoms with Gasteiger partial charge in [0.05, 0.1) is 11.1 Å². The third kappa shape index (κ3) is 6.82. The molecular weight excluding hydrogens is 342 g/mol.